The summed E-state index contributed by atoms with van der Waals surface area (Å²) in [6.45, 7) is 15.1. The van der Waals surface area contributed by atoms with Crippen molar-refractivity contribution in [3.8, 4) is 5.75 Å². The van der Waals surface area contributed by atoms with E-state index in [1.54, 1.807) is 135 Å². The fourth-order valence-corrected chi connectivity index (χ4v) is 10.2. The lowest BCUT2D eigenvalue weighted by Gasteiger charge is -2.31. The predicted molar refractivity (Wildman–Crippen MR) is 353 cm³/mol. The fourth-order valence-electron chi connectivity index (χ4n) is 10.2. The third-order valence-corrected chi connectivity index (χ3v) is 15.0. The van der Waals surface area contributed by atoms with Crippen LogP contribution in [0.2, 0.25) is 0 Å². The maximum absolute atomic E-state index is 14.8. The molecule has 528 valence electrons. The number of hydrogen-bond acceptors (Lipinski definition) is 18. The minimum atomic E-state index is -1.81. The van der Waals surface area contributed by atoms with Gasteiger partial charge in [0.15, 0.2) is 5.96 Å². The van der Waals surface area contributed by atoms with Crippen LogP contribution in [0, 0.1) is 17.8 Å². The standard InChI is InChI=1S/C67H98N12O17/c1-38(2)31-47(57(85)71-46(23-17-29-70-65(68)69)56(84)75-50(33-42-25-27-45(82)28-26-42)64(92)95-37-44-21-15-12-16-22-44)72-59(87)49(34-53(83)94-36-43-19-13-11-14-20-43)73-58(86)48(32-39(3)4)74-62(90)55(41(7)81)78-61(89)54(40(5)6)77-60(88)52-24-18-30-79(52)63(91)51(35-80)76-66(93)96-67(8,9)10/h11-16,19-22,25-28,38-41,46-52,54-55,80-82H,17-18,23-24,29-37H2,1-10H3,(H,71,85)(H,72,87)(H,73,86)(H,74,90)(H,75,84)(H,76,93)(H,77,88)(H,78,89)(H4,68,69,70)/t41-,46+,47+,48-,49+,50+,51+,52+,54+,55+/m1/s1. The zero-order valence-corrected chi connectivity index (χ0v) is 56.4. The topological polar surface area (TPSA) is 440 Å². The van der Waals surface area contributed by atoms with Gasteiger partial charge >= 0.3 is 18.0 Å². The Morgan fingerprint density at radius 3 is 1.61 bits per heavy atom. The molecule has 1 fully saturated rings. The number of aliphatic hydroxyl groups is 2. The van der Waals surface area contributed by atoms with Crippen molar-refractivity contribution in [3.05, 3.63) is 102 Å². The first-order valence-electron chi connectivity index (χ1n) is 32.2. The van der Waals surface area contributed by atoms with Gasteiger partial charge in [-0.05, 0) is 113 Å². The zero-order chi connectivity index (χ0) is 71.4. The van der Waals surface area contributed by atoms with Crippen molar-refractivity contribution in [1.29, 1.82) is 0 Å². The third-order valence-electron chi connectivity index (χ3n) is 15.0. The number of nitrogens with zero attached hydrogens (tertiary/aromatic N) is 2. The summed E-state index contributed by atoms with van der Waals surface area (Å²) in [5.41, 5.74) is 12.0. The van der Waals surface area contributed by atoms with Crippen molar-refractivity contribution in [1.82, 2.24) is 47.4 Å². The number of alkyl carbamates (subject to hydrolysis) is 1. The number of nitrogens with two attached hydrogens (primary N) is 2. The van der Waals surface area contributed by atoms with Crippen LogP contribution >= 0.6 is 0 Å². The van der Waals surface area contributed by atoms with Gasteiger partial charge in [-0.25, -0.2) is 9.59 Å². The second-order valence-corrected chi connectivity index (χ2v) is 25.9. The molecule has 29 nitrogen and oxygen atoms in total. The second-order valence-electron chi connectivity index (χ2n) is 25.9. The number of aliphatic imine (C=N–C) groups is 1. The van der Waals surface area contributed by atoms with Gasteiger partial charge in [0, 0.05) is 19.5 Å². The van der Waals surface area contributed by atoms with Crippen molar-refractivity contribution in [2.24, 2.45) is 34.2 Å². The molecule has 10 atom stereocenters. The van der Waals surface area contributed by atoms with Gasteiger partial charge in [0.05, 0.1) is 19.1 Å². The number of hydrogen-bond donors (Lipinski definition) is 13. The summed E-state index contributed by atoms with van der Waals surface area (Å²) in [5.74, 6) is -10.7. The van der Waals surface area contributed by atoms with Crippen LogP contribution in [0.25, 0.3) is 0 Å². The highest BCUT2D eigenvalue weighted by molar-refractivity contribution is 5.99. The van der Waals surface area contributed by atoms with E-state index < -0.39 is 150 Å². The van der Waals surface area contributed by atoms with E-state index in [1.165, 1.54) is 24.0 Å². The van der Waals surface area contributed by atoms with E-state index in [9.17, 15) is 68.1 Å². The number of rotatable bonds is 36. The van der Waals surface area contributed by atoms with E-state index in [-0.39, 0.29) is 88.4 Å². The molecule has 3 aromatic rings. The Bertz CT molecular complexity index is 3100. The lowest BCUT2D eigenvalue weighted by Crippen LogP contribution is -2.62. The molecular formula is C67H98N12O17. The first-order chi connectivity index (χ1) is 45.2. The van der Waals surface area contributed by atoms with Crippen LogP contribution in [0.3, 0.4) is 0 Å². The highest BCUT2D eigenvalue weighted by Gasteiger charge is 2.42. The smallest absolute Gasteiger partial charge is 0.408 e. The number of likely N-dealkylation sites (tertiary alicyclic amines) is 1. The molecule has 4 rings (SSSR count). The Hall–Kier alpha value is -9.38. The molecule has 1 saturated heterocycles. The molecule has 1 aliphatic heterocycles. The normalized spacial score (nSPS) is 15.7. The number of phenolic OH excluding ortho intramolecular Hbond substituents is 1. The number of aliphatic hydroxyl groups excluding tert-OH is 2. The molecule has 0 saturated carbocycles. The molecule has 1 aliphatic rings. The number of nitrogens with one attached hydrogen (secondary N) is 8. The SMILES string of the molecule is CC(C)C[C@H](NC(=O)[C@H](CC(=O)OCc1ccccc1)NC(=O)[C@@H](CC(C)C)NC(=O)[C@@H](NC(=O)[C@@H](NC(=O)[C@@H]1CCCN1C(=O)[C@H](CO)NC(=O)OC(C)(C)C)C(C)C)[C@@H](C)O)C(=O)N[C@@H](CCCN=C(N)N)C(=O)N[C@@H](Cc1ccc(O)cc1)C(=O)OCc1ccccc1. The van der Waals surface area contributed by atoms with Crippen LogP contribution in [0.5, 0.6) is 5.75 Å². The van der Waals surface area contributed by atoms with E-state index in [1.807, 2.05) is 0 Å². The molecular weight excluding hydrogens is 1240 g/mol. The first kappa shape index (κ1) is 79.1. The molecule has 0 unspecified atom stereocenters. The highest BCUT2D eigenvalue weighted by Crippen LogP contribution is 2.21. The minimum absolute atomic E-state index is 0.0241. The molecule has 15 N–H and O–H groups in total. The second kappa shape index (κ2) is 38.9. The average molecular weight is 1340 g/mol. The van der Waals surface area contributed by atoms with Crippen LogP contribution in [-0.2, 0) is 81.8 Å². The Labute approximate surface area is 560 Å². The lowest BCUT2D eigenvalue weighted by molar-refractivity contribution is -0.149. The maximum atomic E-state index is 14.8. The van der Waals surface area contributed by atoms with Gasteiger partial charge in [0.2, 0.25) is 47.3 Å². The van der Waals surface area contributed by atoms with Gasteiger partial charge in [-0.2, -0.15) is 0 Å². The molecule has 9 amide bonds. The van der Waals surface area contributed by atoms with Gasteiger partial charge < -0.3 is 88.4 Å². The number of carbonyl (C=O) groups excluding carboxylic acids is 11. The quantitative estimate of drug-likeness (QED) is 0.0128. The van der Waals surface area contributed by atoms with Crippen LogP contribution in [0.4, 0.5) is 4.79 Å². The molecule has 0 aromatic heterocycles. The van der Waals surface area contributed by atoms with Crippen molar-refractivity contribution in [3.63, 3.8) is 0 Å². The summed E-state index contributed by atoms with van der Waals surface area (Å²) in [5, 5.41) is 51.7. The van der Waals surface area contributed by atoms with Crippen molar-refractivity contribution < 1.29 is 82.3 Å². The van der Waals surface area contributed by atoms with E-state index in [0.717, 1.165) is 0 Å². The molecule has 1 heterocycles. The van der Waals surface area contributed by atoms with Gasteiger partial charge in [-0.3, -0.25) is 48.1 Å². The Kier molecular flexibility index (Phi) is 32.0. The van der Waals surface area contributed by atoms with E-state index >= 15 is 0 Å². The Morgan fingerprint density at radius 2 is 1.09 bits per heavy atom. The first-order valence-corrected chi connectivity index (χ1v) is 32.2. The number of phenols is 1. The molecule has 3 aromatic carbocycles. The van der Waals surface area contributed by atoms with Gasteiger partial charge in [-0.15, -0.1) is 0 Å². The summed E-state index contributed by atoms with van der Waals surface area (Å²) in [6, 6.07) is 10.1. The molecule has 0 aliphatic carbocycles. The Morgan fingerprint density at radius 1 is 0.594 bits per heavy atom. The Balaban J connectivity index is 1.61. The van der Waals surface area contributed by atoms with Crippen LogP contribution in [-0.4, -0.2) is 177 Å². The van der Waals surface area contributed by atoms with Crippen molar-refractivity contribution >= 4 is 71.2 Å². The summed E-state index contributed by atoms with van der Waals surface area (Å²) < 4.78 is 16.4. The largest absolute Gasteiger partial charge is 0.508 e. The molecule has 0 bridgehead atoms. The van der Waals surface area contributed by atoms with Crippen LogP contribution in [0.1, 0.15) is 131 Å². The van der Waals surface area contributed by atoms with Crippen LogP contribution < -0.4 is 54.0 Å². The maximum Gasteiger partial charge on any atom is 0.408 e. The molecule has 96 heavy (non-hydrogen) atoms. The number of amides is 9. The summed E-state index contributed by atoms with van der Waals surface area (Å²) in [7, 11) is 0. The number of esters is 2. The minimum Gasteiger partial charge on any atom is -0.508 e. The van der Waals surface area contributed by atoms with E-state index in [0.29, 0.717) is 23.1 Å². The van der Waals surface area contributed by atoms with Crippen LogP contribution in [0.15, 0.2) is 89.9 Å². The van der Waals surface area contributed by atoms with Gasteiger partial charge in [0.25, 0.3) is 0 Å². The zero-order valence-electron chi connectivity index (χ0n) is 56.4. The van der Waals surface area contributed by atoms with E-state index in [2.05, 4.69) is 47.5 Å². The monoisotopic (exact) mass is 1340 g/mol. The highest BCUT2D eigenvalue weighted by atomic mass is 16.6. The van der Waals surface area contributed by atoms with E-state index in [4.69, 9.17) is 25.7 Å². The fraction of sp³-hybridized carbons (Fsp3) is 0.552. The van der Waals surface area contributed by atoms with Gasteiger partial charge in [0.1, 0.15) is 78.9 Å². The molecule has 0 spiro atoms. The average Bonchev–Trinajstić information content (AvgIpc) is 1.44. The van der Waals surface area contributed by atoms with Gasteiger partial charge in [-0.1, -0.05) is 114 Å². The summed E-state index contributed by atoms with van der Waals surface area (Å²) in [4.78, 5) is 160. The van der Waals surface area contributed by atoms with Crippen molar-refractivity contribution in [2.45, 2.75) is 200 Å². The lowest BCUT2D eigenvalue weighted by atomic mass is 9.99. The number of benzene rings is 3. The number of carbonyl (C=O) groups is 11. The molecule has 0 radical (unpaired) electrons. The number of aromatic hydroxyl groups is 1. The number of guanidine groups is 1. The summed E-state index contributed by atoms with van der Waals surface area (Å²) in [6.07, 6.45) is -3.13. The number of ether oxygens (including phenoxy) is 3. The summed E-state index contributed by atoms with van der Waals surface area (Å²) >= 11 is 0. The van der Waals surface area contributed by atoms with Crippen molar-refractivity contribution in [2.75, 3.05) is 19.7 Å². The predicted octanol–water partition coefficient (Wildman–Crippen LogP) is 1.26. The third kappa shape index (κ3) is 27.5. The molecule has 29 heteroatoms.